The van der Waals surface area contributed by atoms with Crippen LogP contribution in [0.4, 0.5) is 5.69 Å². The third-order valence-electron chi connectivity index (χ3n) is 4.02. The van der Waals surface area contributed by atoms with Crippen LogP contribution in [0.25, 0.3) is 0 Å². The molecule has 3 N–H and O–H groups in total. The van der Waals surface area contributed by atoms with E-state index in [2.05, 4.69) is 22.3 Å². The van der Waals surface area contributed by atoms with Crippen LogP contribution >= 0.6 is 0 Å². The fraction of sp³-hybridized carbons (Fsp3) is 0.562. The summed E-state index contributed by atoms with van der Waals surface area (Å²) in [6, 6.07) is 9.68. The molecule has 1 aliphatic rings. The highest BCUT2D eigenvalue weighted by atomic mass is 16.5. The Morgan fingerprint density at radius 2 is 2.05 bits per heavy atom. The Morgan fingerprint density at radius 3 is 2.71 bits per heavy atom. The Hall–Kier alpha value is -1.59. The lowest BCUT2D eigenvalue weighted by Gasteiger charge is -2.27. The van der Waals surface area contributed by atoms with Crippen LogP contribution in [0.2, 0.25) is 0 Å². The minimum Gasteiger partial charge on any atom is -0.381 e. The maximum atomic E-state index is 12.1. The number of benzene rings is 1. The van der Waals surface area contributed by atoms with E-state index in [1.165, 1.54) is 0 Å². The number of para-hydroxylation sites is 1. The van der Waals surface area contributed by atoms with Gasteiger partial charge in [-0.05, 0) is 30.9 Å². The summed E-state index contributed by atoms with van der Waals surface area (Å²) >= 11 is 0. The summed E-state index contributed by atoms with van der Waals surface area (Å²) in [7, 11) is 2.01. The average molecular weight is 291 g/mol. The molecular formula is C16H25N3O2. The zero-order valence-corrected chi connectivity index (χ0v) is 12.6. The lowest BCUT2D eigenvalue weighted by molar-refractivity contribution is -0.124. The molecule has 1 unspecified atom stereocenters. The number of carbonyl (C=O) groups is 1. The molecule has 116 valence electrons. The van der Waals surface area contributed by atoms with Crippen LogP contribution in [0.5, 0.6) is 0 Å². The summed E-state index contributed by atoms with van der Waals surface area (Å²) in [6.45, 7) is 2.78. The van der Waals surface area contributed by atoms with Gasteiger partial charge in [0.2, 0.25) is 5.91 Å². The first-order valence-corrected chi connectivity index (χ1v) is 7.55. The predicted molar refractivity (Wildman–Crippen MR) is 84.2 cm³/mol. The summed E-state index contributed by atoms with van der Waals surface area (Å²) in [5, 5.41) is 2.93. The van der Waals surface area contributed by atoms with E-state index in [0.717, 1.165) is 25.1 Å². The average Bonchev–Trinajstić information content (AvgIpc) is 2.55. The number of amides is 1. The number of nitrogens with two attached hydrogens (primary N) is 1. The minimum atomic E-state index is -0.420. The standard InChI is InChI=1S/C16H25N3O2/c1-19(14-5-3-2-4-6-14)10-9-18-16(20)15(17)13-7-11-21-12-8-13/h2-6,13,15H,7-12,17H2,1H3,(H,18,20). The molecule has 1 amide bonds. The van der Waals surface area contributed by atoms with Crippen molar-refractivity contribution in [1.82, 2.24) is 5.32 Å². The van der Waals surface area contributed by atoms with E-state index in [-0.39, 0.29) is 11.8 Å². The largest absolute Gasteiger partial charge is 0.381 e. The molecule has 1 aromatic carbocycles. The van der Waals surface area contributed by atoms with Gasteiger partial charge in [-0.1, -0.05) is 18.2 Å². The molecule has 1 fully saturated rings. The molecule has 1 saturated heterocycles. The molecule has 5 nitrogen and oxygen atoms in total. The molecule has 0 aromatic heterocycles. The zero-order chi connectivity index (χ0) is 15.1. The molecule has 1 heterocycles. The first-order valence-electron chi connectivity index (χ1n) is 7.55. The number of rotatable bonds is 6. The van der Waals surface area contributed by atoms with Crippen LogP contribution < -0.4 is 16.0 Å². The Kier molecular flexibility index (Phi) is 6.02. The van der Waals surface area contributed by atoms with E-state index in [1.807, 2.05) is 25.2 Å². The zero-order valence-electron chi connectivity index (χ0n) is 12.6. The van der Waals surface area contributed by atoms with Gasteiger partial charge in [0.05, 0.1) is 6.04 Å². The SMILES string of the molecule is CN(CCNC(=O)C(N)C1CCOCC1)c1ccccc1. The normalized spacial score (nSPS) is 17.2. The van der Waals surface area contributed by atoms with Gasteiger partial charge in [-0.2, -0.15) is 0 Å². The monoisotopic (exact) mass is 291 g/mol. The second-order valence-electron chi connectivity index (χ2n) is 5.52. The Morgan fingerprint density at radius 1 is 1.38 bits per heavy atom. The Labute approximate surface area is 126 Å². The van der Waals surface area contributed by atoms with Crippen molar-refractivity contribution in [2.45, 2.75) is 18.9 Å². The van der Waals surface area contributed by atoms with Gasteiger partial charge in [-0.3, -0.25) is 4.79 Å². The highest BCUT2D eigenvalue weighted by Crippen LogP contribution is 2.17. The fourth-order valence-electron chi connectivity index (χ4n) is 2.57. The van der Waals surface area contributed by atoms with Crippen molar-refractivity contribution in [2.75, 3.05) is 38.3 Å². The molecule has 21 heavy (non-hydrogen) atoms. The maximum absolute atomic E-state index is 12.1. The van der Waals surface area contributed by atoms with E-state index < -0.39 is 6.04 Å². The number of nitrogens with one attached hydrogen (secondary N) is 1. The van der Waals surface area contributed by atoms with Crippen molar-refractivity contribution in [3.63, 3.8) is 0 Å². The Bertz CT molecular complexity index is 432. The number of likely N-dealkylation sites (N-methyl/N-ethyl adjacent to an activating group) is 1. The molecule has 1 atom stereocenters. The van der Waals surface area contributed by atoms with E-state index in [1.54, 1.807) is 0 Å². The third-order valence-corrected chi connectivity index (χ3v) is 4.02. The quantitative estimate of drug-likeness (QED) is 0.820. The maximum Gasteiger partial charge on any atom is 0.237 e. The van der Waals surface area contributed by atoms with Crippen LogP contribution in [-0.2, 0) is 9.53 Å². The number of nitrogens with zero attached hydrogens (tertiary/aromatic N) is 1. The summed E-state index contributed by atoms with van der Waals surface area (Å²) in [5.74, 6) is 0.189. The Balaban J connectivity index is 1.71. The molecule has 0 spiro atoms. The van der Waals surface area contributed by atoms with Crippen molar-refractivity contribution in [2.24, 2.45) is 11.7 Å². The van der Waals surface area contributed by atoms with E-state index in [4.69, 9.17) is 10.5 Å². The number of carbonyl (C=O) groups excluding carboxylic acids is 1. The molecule has 5 heteroatoms. The highest BCUT2D eigenvalue weighted by molar-refractivity contribution is 5.81. The van der Waals surface area contributed by atoms with E-state index >= 15 is 0 Å². The molecular weight excluding hydrogens is 266 g/mol. The molecule has 0 radical (unpaired) electrons. The van der Waals surface area contributed by atoms with Gasteiger partial charge in [0.15, 0.2) is 0 Å². The van der Waals surface area contributed by atoms with Crippen molar-refractivity contribution in [3.05, 3.63) is 30.3 Å². The highest BCUT2D eigenvalue weighted by Gasteiger charge is 2.26. The van der Waals surface area contributed by atoms with E-state index in [0.29, 0.717) is 19.8 Å². The van der Waals surface area contributed by atoms with Crippen LogP contribution in [0.15, 0.2) is 30.3 Å². The number of anilines is 1. The molecule has 1 aromatic rings. The van der Waals surface area contributed by atoms with Gasteiger partial charge >= 0.3 is 0 Å². The van der Waals surface area contributed by atoms with Crippen LogP contribution in [-0.4, -0.2) is 45.3 Å². The van der Waals surface area contributed by atoms with Gasteiger partial charge in [-0.25, -0.2) is 0 Å². The van der Waals surface area contributed by atoms with Gasteiger partial charge in [-0.15, -0.1) is 0 Å². The number of ether oxygens (including phenoxy) is 1. The van der Waals surface area contributed by atoms with Crippen LogP contribution in [0, 0.1) is 5.92 Å². The van der Waals surface area contributed by atoms with Crippen molar-refractivity contribution >= 4 is 11.6 Å². The van der Waals surface area contributed by atoms with Crippen molar-refractivity contribution in [3.8, 4) is 0 Å². The summed E-state index contributed by atoms with van der Waals surface area (Å²) in [4.78, 5) is 14.2. The van der Waals surface area contributed by atoms with E-state index in [9.17, 15) is 4.79 Å². The minimum absolute atomic E-state index is 0.0524. The second kappa shape index (κ2) is 8.00. The summed E-state index contributed by atoms with van der Waals surface area (Å²) in [6.07, 6.45) is 1.75. The summed E-state index contributed by atoms with van der Waals surface area (Å²) < 4.78 is 5.30. The molecule has 0 bridgehead atoms. The molecule has 0 saturated carbocycles. The lowest BCUT2D eigenvalue weighted by Crippen LogP contribution is -2.48. The first kappa shape index (κ1) is 15.8. The lowest BCUT2D eigenvalue weighted by atomic mass is 9.92. The first-order chi connectivity index (χ1) is 10.2. The van der Waals surface area contributed by atoms with Crippen LogP contribution in [0.1, 0.15) is 12.8 Å². The second-order valence-corrected chi connectivity index (χ2v) is 5.52. The van der Waals surface area contributed by atoms with Crippen molar-refractivity contribution < 1.29 is 9.53 Å². The molecule has 0 aliphatic carbocycles. The topological polar surface area (TPSA) is 67.6 Å². The third kappa shape index (κ3) is 4.72. The van der Waals surface area contributed by atoms with Gasteiger partial charge < -0.3 is 20.7 Å². The number of hydrogen-bond acceptors (Lipinski definition) is 4. The summed E-state index contributed by atoms with van der Waals surface area (Å²) in [5.41, 5.74) is 7.18. The molecule has 2 rings (SSSR count). The number of hydrogen-bond donors (Lipinski definition) is 2. The predicted octanol–water partition coefficient (Wildman–Crippen LogP) is 0.993. The molecule has 1 aliphatic heterocycles. The van der Waals surface area contributed by atoms with Gasteiger partial charge in [0.25, 0.3) is 0 Å². The van der Waals surface area contributed by atoms with Crippen molar-refractivity contribution in [1.29, 1.82) is 0 Å². The van der Waals surface area contributed by atoms with Crippen LogP contribution in [0.3, 0.4) is 0 Å². The van der Waals surface area contributed by atoms with Gasteiger partial charge in [0, 0.05) is 39.0 Å². The fourth-order valence-corrected chi connectivity index (χ4v) is 2.57. The smallest absolute Gasteiger partial charge is 0.237 e. The van der Waals surface area contributed by atoms with Gasteiger partial charge in [0.1, 0.15) is 0 Å².